The van der Waals surface area contributed by atoms with E-state index in [0.29, 0.717) is 12.5 Å². The molecule has 96 valence electrons. The lowest BCUT2D eigenvalue weighted by atomic mass is 10.1. The number of nitrogens with zero attached hydrogens (tertiary/aromatic N) is 2. The molecule has 0 unspecified atom stereocenters. The molecule has 0 aliphatic heterocycles. The molecule has 0 atom stereocenters. The molecule has 0 amide bonds. The first-order valence-corrected chi connectivity index (χ1v) is 5.76. The van der Waals surface area contributed by atoms with Crippen molar-refractivity contribution in [2.45, 2.75) is 26.6 Å². The summed E-state index contributed by atoms with van der Waals surface area (Å²) >= 11 is 0. The lowest BCUT2D eigenvalue weighted by Gasteiger charge is -2.14. The van der Waals surface area contributed by atoms with Crippen LogP contribution in [-0.4, -0.2) is 37.0 Å². The highest BCUT2D eigenvalue weighted by atomic mass is 16.7. The number of anilines is 1. The van der Waals surface area contributed by atoms with Gasteiger partial charge in [-0.15, -0.1) is 0 Å². The summed E-state index contributed by atoms with van der Waals surface area (Å²) in [7, 11) is 3.22. The Hall–Kier alpha value is -1.20. The van der Waals surface area contributed by atoms with Gasteiger partial charge in [-0.2, -0.15) is 0 Å². The molecule has 1 aromatic rings. The Kier molecular flexibility index (Phi) is 5.86. The minimum atomic E-state index is -0.265. The Bertz CT molecular complexity index is 327. The van der Waals surface area contributed by atoms with E-state index in [9.17, 15) is 0 Å². The van der Waals surface area contributed by atoms with Crippen molar-refractivity contribution >= 4 is 5.82 Å². The maximum Gasteiger partial charge on any atom is 0.173 e. The maximum atomic E-state index is 5.09. The topological polar surface area (TPSA) is 56.3 Å². The van der Waals surface area contributed by atoms with Crippen molar-refractivity contribution in [2.24, 2.45) is 5.92 Å². The highest BCUT2D eigenvalue weighted by molar-refractivity contribution is 5.34. The smallest absolute Gasteiger partial charge is 0.173 e. The Morgan fingerprint density at radius 3 is 2.53 bits per heavy atom. The Morgan fingerprint density at radius 1 is 1.24 bits per heavy atom. The maximum absolute atomic E-state index is 5.09. The van der Waals surface area contributed by atoms with Crippen LogP contribution in [0.3, 0.4) is 0 Å². The molecule has 5 nitrogen and oxygen atoms in total. The fraction of sp³-hybridized carbons (Fsp3) is 0.667. The van der Waals surface area contributed by atoms with E-state index in [0.717, 1.165) is 17.9 Å². The van der Waals surface area contributed by atoms with Gasteiger partial charge in [0.2, 0.25) is 0 Å². The van der Waals surface area contributed by atoms with Crippen LogP contribution in [-0.2, 0) is 15.9 Å². The third-order valence-corrected chi connectivity index (χ3v) is 2.32. The van der Waals surface area contributed by atoms with Gasteiger partial charge < -0.3 is 14.8 Å². The Labute approximate surface area is 103 Å². The third-order valence-electron chi connectivity index (χ3n) is 2.32. The number of nitrogens with one attached hydrogen (secondary N) is 1. The van der Waals surface area contributed by atoms with Crippen LogP contribution in [0.5, 0.6) is 0 Å². The minimum Gasteiger partial charge on any atom is -0.365 e. The summed E-state index contributed by atoms with van der Waals surface area (Å²) < 4.78 is 10.2. The minimum absolute atomic E-state index is 0.265. The number of hydrogen-bond donors (Lipinski definition) is 1. The second-order valence-electron chi connectivity index (χ2n) is 4.27. The fourth-order valence-corrected chi connectivity index (χ4v) is 1.47. The van der Waals surface area contributed by atoms with E-state index in [2.05, 4.69) is 29.1 Å². The van der Waals surface area contributed by atoms with Crippen LogP contribution in [0.1, 0.15) is 19.5 Å². The van der Waals surface area contributed by atoms with Crippen molar-refractivity contribution in [1.82, 2.24) is 9.97 Å². The zero-order chi connectivity index (χ0) is 12.7. The van der Waals surface area contributed by atoms with Gasteiger partial charge in [-0.25, -0.2) is 9.97 Å². The summed E-state index contributed by atoms with van der Waals surface area (Å²) in [6.07, 6.45) is 2.27. The average Bonchev–Trinajstić information content (AvgIpc) is 2.30. The standard InChI is InChI=1S/C12H21N3O2/c1-9(2)5-10-6-11(15-8-14-10)13-7-12(16-3)17-4/h6,8-9,12H,5,7H2,1-4H3,(H,13,14,15). The lowest BCUT2D eigenvalue weighted by Crippen LogP contribution is -2.24. The molecule has 0 bridgehead atoms. The SMILES string of the molecule is COC(CNc1cc(CC(C)C)ncn1)OC. The first kappa shape index (κ1) is 13.9. The first-order valence-electron chi connectivity index (χ1n) is 5.76. The molecule has 17 heavy (non-hydrogen) atoms. The molecule has 1 aromatic heterocycles. The molecule has 0 fully saturated rings. The lowest BCUT2D eigenvalue weighted by molar-refractivity contribution is -0.0914. The number of rotatable bonds is 7. The largest absolute Gasteiger partial charge is 0.365 e. The van der Waals surface area contributed by atoms with Crippen LogP contribution in [0.15, 0.2) is 12.4 Å². The van der Waals surface area contributed by atoms with Crippen LogP contribution in [0.25, 0.3) is 0 Å². The average molecular weight is 239 g/mol. The molecule has 1 N–H and O–H groups in total. The van der Waals surface area contributed by atoms with Gasteiger partial charge >= 0.3 is 0 Å². The van der Waals surface area contributed by atoms with Gasteiger partial charge in [0.05, 0.1) is 6.54 Å². The molecule has 1 heterocycles. The van der Waals surface area contributed by atoms with Crippen molar-refractivity contribution in [3.63, 3.8) is 0 Å². The van der Waals surface area contributed by atoms with E-state index in [1.165, 1.54) is 0 Å². The van der Waals surface area contributed by atoms with Crippen LogP contribution in [0.4, 0.5) is 5.82 Å². The van der Waals surface area contributed by atoms with Crippen LogP contribution >= 0.6 is 0 Å². The molecular formula is C12H21N3O2. The van der Waals surface area contributed by atoms with E-state index < -0.39 is 0 Å². The first-order chi connectivity index (χ1) is 8.15. The van der Waals surface area contributed by atoms with Gasteiger partial charge in [0.25, 0.3) is 0 Å². The summed E-state index contributed by atoms with van der Waals surface area (Å²) in [5.74, 6) is 1.39. The number of aromatic nitrogens is 2. The van der Waals surface area contributed by atoms with Gasteiger partial charge in [-0.1, -0.05) is 13.8 Å². The van der Waals surface area contributed by atoms with E-state index in [1.807, 2.05) is 6.07 Å². The van der Waals surface area contributed by atoms with Gasteiger partial charge in [0.15, 0.2) is 6.29 Å². The predicted molar refractivity (Wildman–Crippen MR) is 66.9 cm³/mol. The quantitative estimate of drug-likeness (QED) is 0.734. The molecule has 0 radical (unpaired) electrons. The molecule has 0 spiro atoms. The molecule has 0 saturated carbocycles. The second-order valence-corrected chi connectivity index (χ2v) is 4.27. The number of methoxy groups -OCH3 is 2. The van der Waals surface area contributed by atoms with Crippen molar-refractivity contribution in [2.75, 3.05) is 26.1 Å². The zero-order valence-electron chi connectivity index (χ0n) is 10.9. The molecule has 0 aromatic carbocycles. The Morgan fingerprint density at radius 2 is 1.94 bits per heavy atom. The van der Waals surface area contributed by atoms with E-state index in [-0.39, 0.29) is 6.29 Å². The van der Waals surface area contributed by atoms with Gasteiger partial charge in [0.1, 0.15) is 12.1 Å². The van der Waals surface area contributed by atoms with E-state index in [4.69, 9.17) is 9.47 Å². The molecule has 0 saturated heterocycles. The number of ether oxygens (including phenoxy) is 2. The molecule has 0 aliphatic carbocycles. The van der Waals surface area contributed by atoms with Crippen LogP contribution < -0.4 is 5.32 Å². The van der Waals surface area contributed by atoms with Crippen LogP contribution in [0.2, 0.25) is 0 Å². The van der Waals surface area contributed by atoms with E-state index in [1.54, 1.807) is 20.5 Å². The fourth-order valence-electron chi connectivity index (χ4n) is 1.47. The van der Waals surface area contributed by atoms with Gasteiger partial charge in [-0.05, 0) is 12.3 Å². The van der Waals surface area contributed by atoms with Gasteiger partial charge in [-0.3, -0.25) is 0 Å². The number of hydrogen-bond acceptors (Lipinski definition) is 5. The molecule has 0 aliphatic rings. The monoisotopic (exact) mass is 239 g/mol. The summed E-state index contributed by atoms with van der Waals surface area (Å²) in [4.78, 5) is 8.39. The summed E-state index contributed by atoms with van der Waals surface area (Å²) in [6.45, 7) is 4.90. The van der Waals surface area contributed by atoms with E-state index >= 15 is 0 Å². The van der Waals surface area contributed by atoms with Crippen molar-refractivity contribution in [1.29, 1.82) is 0 Å². The van der Waals surface area contributed by atoms with Gasteiger partial charge in [0, 0.05) is 26.0 Å². The summed E-state index contributed by atoms with van der Waals surface area (Å²) in [5, 5.41) is 3.16. The van der Waals surface area contributed by atoms with Crippen molar-refractivity contribution in [3.05, 3.63) is 18.1 Å². The molecule has 1 rings (SSSR count). The highest BCUT2D eigenvalue weighted by Gasteiger charge is 2.06. The predicted octanol–water partition coefficient (Wildman–Crippen LogP) is 1.71. The van der Waals surface area contributed by atoms with Crippen molar-refractivity contribution in [3.8, 4) is 0 Å². The molecular weight excluding hydrogens is 218 g/mol. The van der Waals surface area contributed by atoms with Crippen LogP contribution in [0, 0.1) is 5.92 Å². The Balaban J connectivity index is 2.53. The molecule has 5 heteroatoms. The third kappa shape index (κ3) is 5.10. The second kappa shape index (κ2) is 7.19. The van der Waals surface area contributed by atoms with Crippen molar-refractivity contribution < 1.29 is 9.47 Å². The highest BCUT2D eigenvalue weighted by Crippen LogP contribution is 2.09. The summed E-state index contributed by atoms with van der Waals surface area (Å²) in [6, 6.07) is 1.96. The summed E-state index contributed by atoms with van der Waals surface area (Å²) in [5.41, 5.74) is 1.05. The normalized spacial score (nSPS) is 11.2. The zero-order valence-corrected chi connectivity index (χ0v) is 10.9.